The van der Waals surface area contributed by atoms with E-state index in [1.165, 1.54) is 0 Å². The van der Waals surface area contributed by atoms with Gasteiger partial charge in [0.15, 0.2) is 5.60 Å². The van der Waals surface area contributed by atoms with E-state index in [0.29, 0.717) is 16.9 Å². The third kappa shape index (κ3) is 1.65. The Kier molecular flexibility index (Phi) is 2.62. The minimum Gasteiger partial charge on any atom is -0.398 e. The van der Waals surface area contributed by atoms with Crippen LogP contribution in [0.5, 0.6) is 0 Å². The smallest absolute Gasteiger partial charge is 0.151 e. The summed E-state index contributed by atoms with van der Waals surface area (Å²) in [6, 6.07) is 10.3. The van der Waals surface area contributed by atoms with E-state index < -0.39 is 11.6 Å². The molecule has 0 aliphatic heterocycles. The standard InChI is InChI=1S/C15H15N3O/c16-12-5-3-4-11-10(12)7-8-13(17)15(11,19)14-6-1-2-9-18-14/h1-9,13,19H,16-17H2. The number of nitrogens with two attached hydrogens (primary N) is 2. The molecule has 1 heterocycles. The Morgan fingerprint density at radius 2 is 2.00 bits per heavy atom. The van der Waals surface area contributed by atoms with Gasteiger partial charge in [-0.1, -0.05) is 30.4 Å². The highest BCUT2D eigenvalue weighted by Gasteiger charge is 2.42. The van der Waals surface area contributed by atoms with Gasteiger partial charge < -0.3 is 16.6 Å². The zero-order valence-electron chi connectivity index (χ0n) is 10.3. The fourth-order valence-electron chi connectivity index (χ4n) is 2.52. The number of hydrogen-bond acceptors (Lipinski definition) is 4. The number of rotatable bonds is 1. The Balaban J connectivity index is 2.27. The van der Waals surface area contributed by atoms with Gasteiger partial charge in [0.1, 0.15) is 0 Å². The van der Waals surface area contributed by atoms with E-state index >= 15 is 0 Å². The number of nitrogens with zero attached hydrogens (tertiary/aromatic N) is 1. The molecule has 4 nitrogen and oxygen atoms in total. The maximum absolute atomic E-state index is 11.1. The number of anilines is 1. The van der Waals surface area contributed by atoms with Gasteiger partial charge in [0.05, 0.1) is 11.7 Å². The van der Waals surface area contributed by atoms with E-state index in [0.717, 1.165) is 5.56 Å². The molecule has 0 spiro atoms. The van der Waals surface area contributed by atoms with Gasteiger partial charge in [-0.25, -0.2) is 0 Å². The molecule has 3 rings (SSSR count). The van der Waals surface area contributed by atoms with Crippen molar-refractivity contribution in [1.29, 1.82) is 0 Å². The molecule has 0 amide bonds. The van der Waals surface area contributed by atoms with Crippen LogP contribution in [0, 0.1) is 0 Å². The van der Waals surface area contributed by atoms with Crippen molar-refractivity contribution in [1.82, 2.24) is 4.98 Å². The van der Waals surface area contributed by atoms with Crippen molar-refractivity contribution in [3.8, 4) is 0 Å². The monoisotopic (exact) mass is 253 g/mol. The molecule has 1 aromatic carbocycles. The van der Waals surface area contributed by atoms with Gasteiger partial charge in [0, 0.05) is 23.0 Å². The largest absolute Gasteiger partial charge is 0.398 e. The average molecular weight is 253 g/mol. The maximum atomic E-state index is 11.1. The molecule has 96 valence electrons. The highest BCUT2D eigenvalue weighted by molar-refractivity contribution is 5.72. The summed E-state index contributed by atoms with van der Waals surface area (Å²) in [7, 11) is 0. The van der Waals surface area contributed by atoms with Crippen molar-refractivity contribution in [2.75, 3.05) is 5.73 Å². The number of aliphatic hydroxyl groups is 1. The average Bonchev–Trinajstić information content (AvgIpc) is 2.44. The Bertz CT molecular complexity index is 639. The first-order valence-corrected chi connectivity index (χ1v) is 6.10. The first-order valence-electron chi connectivity index (χ1n) is 6.10. The van der Waals surface area contributed by atoms with Crippen LogP contribution in [0.2, 0.25) is 0 Å². The number of nitrogen functional groups attached to an aromatic ring is 1. The second-order valence-corrected chi connectivity index (χ2v) is 4.67. The van der Waals surface area contributed by atoms with Gasteiger partial charge in [-0.2, -0.15) is 0 Å². The molecule has 0 saturated heterocycles. The van der Waals surface area contributed by atoms with E-state index in [9.17, 15) is 5.11 Å². The summed E-state index contributed by atoms with van der Waals surface area (Å²) in [5.74, 6) is 0. The van der Waals surface area contributed by atoms with Gasteiger partial charge in [0.25, 0.3) is 0 Å². The molecule has 1 aliphatic rings. The molecule has 0 fully saturated rings. The number of fused-ring (bicyclic) bond motifs is 1. The van der Waals surface area contributed by atoms with Crippen LogP contribution in [0.3, 0.4) is 0 Å². The van der Waals surface area contributed by atoms with Crippen LogP contribution in [0.15, 0.2) is 48.7 Å². The lowest BCUT2D eigenvalue weighted by atomic mass is 9.77. The minimum atomic E-state index is -1.35. The highest BCUT2D eigenvalue weighted by atomic mass is 16.3. The van der Waals surface area contributed by atoms with E-state index in [1.54, 1.807) is 30.5 Å². The Labute approximate surface area is 111 Å². The van der Waals surface area contributed by atoms with E-state index in [-0.39, 0.29) is 0 Å². The molecule has 0 bridgehead atoms. The molecule has 0 radical (unpaired) electrons. The topological polar surface area (TPSA) is 85.2 Å². The molecule has 1 aliphatic carbocycles. The summed E-state index contributed by atoms with van der Waals surface area (Å²) in [5, 5.41) is 11.1. The fourth-order valence-corrected chi connectivity index (χ4v) is 2.52. The van der Waals surface area contributed by atoms with Crippen molar-refractivity contribution in [3.05, 3.63) is 65.5 Å². The van der Waals surface area contributed by atoms with Crippen molar-refractivity contribution in [3.63, 3.8) is 0 Å². The van der Waals surface area contributed by atoms with E-state index in [2.05, 4.69) is 4.98 Å². The molecule has 1 aromatic heterocycles. The van der Waals surface area contributed by atoms with E-state index in [4.69, 9.17) is 11.5 Å². The van der Waals surface area contributed by atoms with Crippen LogP contribution in [-0.4, -0.2) is 16.1 Å². The van der Waals surface area contributed by atoms with Crippen molar-refractivity contribution in [2.45, 2.75) is 11.6 Å². The van der Waals surface area contributed by atoms with Crippen molar-refractivity contribution < 1.29 is 5.11 Å². The Morgan fingerprint density at radius 1 is 1.16 bits per heavy atom. The first kappa shape index (κ1) is 11.9. The molecule has 4 heteroatoms. The Hall–Kier alpha value is -2.17. The van der Waals surface area contributed by atoms with Gasteiger partial charge in [0.2, 0.25) is 0 Å². The second kappa shape index (κ2) is 4.19. The summed E-state index contributed by atoms with van der Waals surface area (Å²) in [6.07, 6.45) is 5.25. The Morgan fingerprint density at radius 3 is 2.74 bits per heavy atom. The van der Waals surface area contributed by atoms with Gasteiger partial charge >= 0.3 is 0 Å². The molecule has 19 heavy (non-hydrogen) atoms. The molecular formula is C15H15N3O. The van der Waals surface area contributed by atoms with Crippen LogP contribution in [0.4, 0.5) is 5.69 Å². The minimum absolute atomic E-state index is 0.527. The summed E-state index contributed by atoms with van der Waals surface area (Å²) in [4.78, 5) is 4.25. The van der Waals surface area contributed by atoms with Crippen LogP contribution >= 0.6 is 0 Å². The van der Waals surface area contributed by atoms with Crippen LogP contribution in [0.1, 0.15) is 16.8 Å². The predicted octanol–water partition coefficient (Wildman–Crippen LogP) is 1.25. The molecule has 5 N–H and O–H groups in total. The van der Waals surface area contributed by atoms with Crippen molar-refractivity contribution >= 4 is 11.8 Å². The quantitative estimate of drug-likeness (QED) is 0.668. The SMILES string of the molecule is Nc1cccc2c1C=CC(N)C2(O)c1ccccn1. The normalized spacial score (nSPS) is 25.1. The lowest BCUT2D eigenvalue weighted by Crippen LogP contribution is -2.47. The fraction of sp³-hybridized carbons (Fsp3) is 0.133. The van der Waals surface area contributed by atoms with Crippen LogP contribution in [0.25, 0.3) is 6.08 Å². The van der Waals surface area contributed by atoms with Gasteiger partial charge in [-0.15, -0.1) is 0 Å². The number of pyridine rings is 1. The number of aromatic nitrogens is 1. The number of hydrogen-bond donors (Lipinski definition) is 3. The third-order valence-corrected chi connectivity index (χ3v) is 3.56. The summed E-state index contributed by atoms with van der Waals surface area (Å²) < 4.78 is 0. The molecule has 2 atom stereocenters. The first-order chi connectivity index (χ1) is 9.14. The summed E-state index contributed by atoms with van der Waals surface area (Å²) >= 11 is 0. The lowest BCUT2D eigenvalue weighted by Gasteiger charge is -2.36. The number of benzene rings is 1. The van der Waals surface area contributed by atoms with Crippen molar-refractivity contribution in [2.24, 2.45) is 5.73 Å². The van der Waals surface area contributed by atoms with Gasteiger partial charge in [-0.3, -0.25) is 4.98 Å². The molecule has 0 saturated carbocycles. The van der Waals surface area contributed by atoms with E-state index in [1.807, 2.05) is 24.3 Å². The zero-order chi connectivity index (χ0) is 13.5. The van der Waals surface area contributed by atoms with Gasteiger partial charge in [-0.05, 0) is 18.2 Å². The molecule has 2 unspecified atom stereocenters. The second-order valence-electron chi connectivity index (χ2n) is 4.67. The van der Waals surface area contributed by atoms with Crippen LogP contribution in [-0.2, 0) is 5.60 Å². The predicted molar refractivity (Wildman–Crippen MR) is 75.1 cm³/mol. The van der Waals surface area contributed by atoms with Crippen LogP contribution < -0.4 is 11.5 Å². The summed E-state index contributed by atoms with van der Waals surface area (Å²) in [6.45, 7) is 0. The maximum Gasteiger partial charge on any atom is 0.151 e. The summed E-state index contributed by atoms with van der Waals surface area (Å²) in [5.41, 5.74) is 13.4. The molecule has 2 aromatic rings. The third-order valence-electron chi connectivity index (χ3n) is 3.56. The highest BCUT2D eigenvalue weighted by Crippen LogP contribution is 2.39. The lowest BCUT2D eigenvalue weighted by molar-refractivity contribution is 0.0612. The zero-order valence-corrected chi connectivity index (χ0v) is 10.3. The molecular weight excluding hydrogens is 238 g/mol.